The van der Waals surface area contributed by atoms with Crippen LogP contribution in [-0.4, -0.2) is 32.3 Å². The molecular formula is C14H11N3O4S. The second-order valence-electron chi connectivity index (χ2n) is 4.35. The van der Waals surface area contributed by atoms with Gasteiger partial charge in [-0.15, -0.1) is 0 Å². The highest BCUT2D eigenvalue weighted by Gasteiger charge is 2.20. The normalized spacial score (nSPS) is 10.8. The molecule has 8 heteroatoms. The van der Waals surface area contributed by atoms with Crippen molar-refractivity contribution in [2.24, 2.45) is 0 Å². The van der Waals surface area contributed by atoms with Crippen molar-refractivity contribution in [1.82, 2.24) is 14.8 Å². The minimum atomic E-state index is -0.563. The third-order valence-electron chi connectivity index (χ3n) is 2.96. The molecule has 0 spiro atoms. The van der Waals surface area contributed by atoms with E-state index >= 15 is 0 Å². The molecule has 0 atom stereocenters. The number of para-hydroxylation sites is 1. The second kappa shape index (κ2) is 5.57. The molecule has 2 aromatic heterocycles. The molecule has 0 radical (unpaired) electrons. The van der Waals surface area contributed by atoms with Crippen LogP contribution in [0.5, 0.6) is 5.88 Å². The Labute approximate surface area is 128 Å². The molecule has 3 rings (SSSR count). The Morgan fingerprint density at radius 2 is 2.09 bits per heavy atom. The van der Waals surface area contributed by atoms with Gasteiger partial charge in [0.05, 0.1) is 12.8 Å². The number of H-pyrrole nitrogens is 1. The van der Waals surface area contributed by atoms with Gasteiger partial charge in [0.25, 0.3) is 5.56 Å². The van der Waals surface area contributed by atoms with Gasteiger partial charge in [0.2, 0.25) is 0 Å². The first-order chi connectivity index (χ1) is 10.6. The van der Waals surface area contributed by atoms with Crippen LogP contribution in [0.15, 0.2) is 46.2 Å². The van der Waals surface area contributed by atoms with E-state index in [1.807, 2.05) is 18.2 Å². The highest BCUT2D eigenvalue weighted by Crippen LogP contribution is 2.30. The standard InChI is InChI=1S/C14H11N3O4S/c1-21-14(20)22-13-11-9(7-10(18)15-12(11)19)16-17(13)8-5-3-2-4-6-8/h2-7,18H,1H3,(H,15,19). The van der Waals surface area contributed by atoms with E-state index in [0.717, 1.165) is 11.8 Å². The fourth-order valence-electron chi connectivity index (χ4n) is 2.04. The zero-order chi connectivity index (χ0) is 15.7. The average Bonchev–Trinajstić information content (AvgIpc) is 2.86. The predicted molar refractivity (Wildman–Crippen MR) is 81.6 cm³/mol. The number of carbonyl (C=O) groups excluding carboxylic acids is 1. The highest BCUT2D eigenvalue weighted by atomic mass is 32.2. The van der Waals surface area contributed by atoms with Crippen LogP contribution in [-0.2, 0) is 4.74 Å². The van der Waals surface area contributed by atoms with Crippen molar-refractivity contribution in [3.63, 3.8) is 0 Å². The van der Waals surface area contributed by atoms with E-state index in [2.05, 4.69) is 14.8 Å². The number of hydrogen-bond donors (Lipinski definition) is 2. The van der Waals surface area contributed by atoms with E-state index in [1.54, 1.807) is 12.1 Å². The number of nitrogens with zero attached hydrogens (tertiary/aromatic N) is 2. The summed E-state index contributed by atoms with van der Waals surface area (Å²) in [6, 6.07) is 10.4. The molecule has 1 aromatic carbocycles. The van der Waals surface area contributed by atoms with E-state index in [-0.39, 0.29) is 16.8 Å². The number of aromatic amines is 1. The molecule has 0 saturated carbocycles. The summed E-state index contributed by atoms with van der Waals surface area (Å²) in [4.78, 5) is 26.0. The van der Waals surface area contributed by atoms with Crippen molar-refractivity contribution in [2.45, 2.75) is 5.03 Å². The van der Waals surface area contributed by atoms with Crippen LogP contribution in [0, 0.1) is 0 Å². The summed E-state index contributed by atoms with van der Waals surface area (Å²) < 4.78 is 6.12. The Bertz CT molecular complexity index is 902. The average molecular weight is 317 g/mol. The Kier molecular flexibility index (Phi) is 3.60. The number of carbonyl (C=O) groups is 1. The van der Waals surface area contributed by atoms with Gasteiger partial charge < -0.3 is 9.84 Å². The number of methoxy groups -OCH3 is 1. The SMILES string of the molecule is COC(=O)Sc1c2c(=O)[nH]c(O)cc2nn1-c1ccccc1. The third-order valence-corrected chi connectivity index (χ3v) is 3.86. The molecule has 7 nitrogen and oxygen atoms in total. The monoisotopic (exact) mass is 317 g/mol. The van der Waals surface area contributed by atoms with Crippen molar-refractivity contribution >= 4 is 28.0 Å². The van der Waals surface area contributed by atoms with Crippen molar-refractivity contribution in [1.29, 1.82) is 0 Å². The molecule has 0 saturated heterocycles. The smallest absolute Gasteiger partial charge is 0.373 e. The molecule has 2 heterocycles. The van der Waals surface area contributed by atoms with E-state index in [4.69, 9.17) is 0 Å². The summed E-state index contributed by atoms with van der Waals surface area (Å²) >= 11 is 0.759. The van der Waals surface area contributed by atoms with Gasteiger partial charge in [-0.05, 0) is 12.1 Å². The largest absolute Gasteiger partial charge is 0.494 e. The highest BCUT2D eigenvalue weighted by molar-refractivity contribution is 8.13. The molecular weight excluding hydrogens is 306 g/mol. The van der Waals surface area contributed by atoms with Gasteiger partial charge in [-0.25, -0.2) is 9.48 Å². The van der Waals surface area contributed by atoms with Gasteiger partial charge in [-0.2, -0.15) is 5.10 Å². The third kappa shape index (κ3) is 2.44. The van der Waals surface area contributed by atoms with Crippen molar-refractivity contribution in [2.75, 3.05) is 7.11 Å². The first kappa shape index (κ1) is 14.2. The summed E-state index contributed by atoms with van der Waals surface area (Å²) in [5, 5.41) is 13.8. The minimum Gasteiger partial charge on any atom is -0.494 e. The molecule has 112 valence electrons. The fourth-order valence-corrected chi connectivity index (χ4v) is 2.81. The molecule has 0 unspecified atom stereocenters. The molecule has 0 bridgehead atoms. The molecule has 22 heavy (non-hydrogen) atoms. The van der Waals surface area contributed by atoms with E-state index in [0.29, 0.717) is 10.7 Å². The number of nitrogens with one attached hydrogen (secondary N) is 1. The lowest BCUT2D eigenvalue weighted by Gasteiger charge is -2.05. The van der Waals surface area contributed by atoms with Gasteiger partial charge in [0.15, 0.2) is 5.88 Å². The Balaban J connectivity index is 2.31. The molecule has 0 amide bonds. The predicted octanol–water partition coefficient (Wildman–Crippen LogP) is 2.28. The summed E-state index contributed by atoms with van der Waals surface area (Å²) in [5.41, 5.74) is 0.448. The molecule has 0 fully saturated rings. The van der Waals surface area contributed by atoms with Crippen molar-refractivity contribution in [3.8, 4) is 11.6 Å². The number of benzene rings is 1. The molecule has 3 aromatic rings. The van der Waals surface area contributed by atoms with E-state index in [1.165, 1.54) is 17.9 Å². The number of fused-ring (bicyclic) bond motifs is 1. The quantitative estimate of drug-likeness (QED) is 0.556. The number of thioether (sulfide) groups is 1. The first-order valence-corrected chi connectivity index (χ1v) is 7.08. The zero-order valence-corrected chi connectivity index (χ0v) is 12.3. The maximum atomic E-state index is 12.1. The maximum absolute atomic E-state index is 12.1. The van der Waals surface area contributed by atoms with Crippen LogP contribution in [0.4, 0.5) is 4.79 Å². The first-order valence-electron chi connectivity index (χ1n) is 6.26. The number of hydrogen-bond acceptors (Lipinski definition) is 6. The topological polar surface area (TPSA) is 97.2 Å². The number of aromatic nitrogens is 3. The van der Waals surface area contributed by atoms with Gasteiger partial charge in [0.1, 0.15) is 15.9 Å². The van der Waals surface area contributed by atoms with Crippen molar-refractivity contribution in [3.05, 3.63) is 46.8 Å². The summed E-state index contributed by atoms with van der Waals surface area (Å²) in [6.07, 6.45) is 0. The Morgan fingerprint density at radius 3 is 2.77 bits per heavy atom. The van der Waals surface area contributed by atoms with Crippen LogP contribution in [0.25, 0.3) is 16.6 Å². The molecule has 0 aliphatic carbocycles. The van der Waals surface area contributed by atoms with Crippen LogP contribution in [0.1, 0.15) is 0 Å². The number of rotatable bonds is 2. The lowest BCUT2D eigenvalue weighted by atomic mass is 10.3. The second-order valence-corrected chi connectivity index (χ2v) is 5.28. The molecule has 2 N–H and O–H groups in total. The molecule has 0 aliphatic heterocycles. The minimum absolute atomic E-state index is 0.219. The van der Waals surface area contributed by atoms with Crippen LogP contribution < -0.4 is 5.56 Å². The van der Waals surface area contributed by atoms with E-state index in [9.17, 15) is 14.7 Å². The van der Waals surface area contributed by atoms with Gasteiger partial charge >= 0.3 is 5.30 Å². The zero-order valence-electron chi connectivity index (χ0n) is 11.4. The lowest BCUT2D eigenvalue weighted by Crippen LogP contribution is -2.06. The van der Waals surface area contributed by atoms with Crippen LogP contribution in [0.3, 0.4) is 0 Å². The van der Waals surface area contributed by atoms with Gasteiger partial charge in [-0.1, -0.05) is 18.2 Å². The number of aromatic hydroxyl groups is 1. The number of ether oxygens (including phenoxy) is 1. The van der Waals surface area contributed by atoms with Crippen LogP contribution in [0.2, 0.25) is 0 Å². The summed E-state index contributed by atoms with van der Waals surface area (Å²) in [5.74, 6) is -0.287. The van der Waals surface area contributed by atoms with Crippen LogP contribution >= 0.6 is 11.8 Å². The number of pyridine rings is 1. The lowest BCUT2D eigenvalue weighted by molar-refractivity contribution is 0.200. The summed E-state index contributed by atoms with van der Waals surface area (Å²) in [7, 11) is 1.26. The fraction of sp³-hybridized carbons (Fsp3) is 0.0714. The van der Waals surface area contributed by atoms with Gasteiger partial charge in [0, 0.05) is 17.8 Å². The Hall–Kier alpha value is -2.74. The molecule has 0 aliphatic rings. The maximum Gasteiger partial charge on any atom is 0.373 e. The van der Waals surface area contributed by atoms with E-state index < -0.39 is 10.9 Å². The van der Waals surface area contributed by atoms with Crippen molar-refractivity contribution < 1.29 is 14.6 Å². The van der Waals surface area contributed by atoms with Gasteiger partial charge in [-0.3, -0.25) is 9.78 Å². The summed E-state index contributed by atoms with van der Waals surface area (Å²) in [6.45, 7) is 0. The Morgan fingerprint density at radius 1 is 1.36 bits per heavy atom.